The van der Waals surface area contributed by atoms with Gasteiger partial charge in [-0.15, -0.1) is 0 Å². The molecule has 0 aromatic heterocycles. The molecule has 0 heterocycles. The monoisotopic (exact) mass is 689 g/mol. The van der Waals surface area contributed by atoms with Gasteiger partial charge in [0.25, 0.3) is 0 Å². The van der Waals surface area contributed by atoms with Gasteiger partial charge in [0.15, 0.2) is 0 Å². The Labute approximate surface area is 75.2 Å². The van der Waals surface area contributed by atoms with Crippen LogP contribution >= 0.6 is 76.1 Å². The molecule has 0 saturated heterocycles. The minimum absolute atomic E-state index is 1.34. The van der Waals surface area contributed by atoms with Crippen molar-refractivity contribution in [3.8, 4) is 0 Å². The van der Waals surface area contributed by atoms with E-state index in [4.69, 9.17) is 0 Å². The fraction of sp³-hybridized carbons (Fsp3) is 0. The Bertz CT molecular complexity index is 19.1. The van der Waals surface area contributed by atoms with Crippen molar-refractivity contribution in [1.82, 2.24) is 0 Å². The van der Waals surface area contributed by atoms with Gasteiger partial charge in [0.05, 0.1) is 0 Å². The Morgan fingerprint density at radius 2 is 0.800 bits per heavy atom. The third-order valence-electron chi connectivity index (χ3n) is 0. The van der Waals surface area contributed by atoms with Crippen LogP contribution in [-0.4, -0.2) is 0 Å². The molecule has 0 saturated carbocycles. The average Bonchev–Trinajstić information content (AvgIpc) is 0.722. The molecule has 0 bridgehead atoms. The van der Waals surface area contributed by atoms with E-state index in [1.807, 2.05) is 0 Å². The van der Waals surface area contributed by atoms with Gasteiger partial charge in [-0.05, 0) is 0 Å². The van der Waals surface area contributed by atoms with Crippen molar-refractivity contribution in [2.75, 3.05) is 0 Å². The molecule has 0 spiro atoms. The van der Waals surface area contributed by atoms with E-state index in [0.29, 0.717) is 0 Å². The Balaban J connectivity index is 3.02. The Kier molecular flexibility index (Phi) is 6.31. The molecule has 0 N–H and O–H groups in total. The molecule has 5 heteroatoms. The van der Waals surface area contributed by atoms with Crippen molar-refractivity contribution in [3.63, 3.8) is 0 Å². The Morgan fingerprint density at radius 3 is 0.800 bits per heavy atom. The van der Waals surface area contributed by atoms with Gasteiger partial charge in [0.2, 0.25) is 0 Å². The van der Waals surface area contributed by atoms with Crippen molar-refractivity contribution in [2.24, 2.45) is 0 Å². The number of hydrogen-bond acceptors (Lipinski definition) is 0. The van der Waals surface area contributed by atoms with Crippen molar-refractivity contribution in [2.45, 2.75) is 0 Å². The van der Waals surface area contributed by atoms with Gasteiger partial charge in [0.1, 0.15) is 0 Å². The van der Waals surface area contributed by atoms with E-state index < -0.39 is 1.87 Å². The third-order valence-corrected chi connectivity index (χ3v) is 0. The summed E-state index contributed by atoms with van der Waals surface area (Å²) < 4.78 is -1.34. The van der Waals surface area contributed by atoms with E-state index in [1.165, 1.54) is 0 Å². The average molecular weight is 689 g/mol. The fourth-order valence-electron chi connectivity index (χ4n) is 0. The second kappa shape index (κ2) is 3.64. The molecule has 0 amide bonds. The molecule has 0 fully saturated rings. The summed E-state index contributed by atoms with van der Waals surface area (Å²) in [5.41, 5.74) is 0. The normalized spacial score (nSPS) is 12.0. The second-order valence-corrected chi connectivity index (χ2v) is 141. The number of rotatable bonds is 0. The first-order valence-electron chi connectivity index (χ1n) is 0.676. The number of hydrogen-bond donors (Lipinski definition) is 0. The molecule has 0 radical (unpaired) electrons. The summed E-state index contributed by atoms with van der Waals surface area (Å²) in [6.45, 7) is 0. The van der Waals surface area contributed by atoms with Crippen LogP contribution in [-0.2, 0) is 1.87 Å². The van der Waals surface area contributed by atoms with E-state index in [1.54, 1.807) is 0 Å². The zero-order chi connectivity index (χ0) is 4.50. The Morgan fingerprint density at radius 1 is 0.800 bits per heavy atom. The van der Waals surface area contributed by atoms with Crippen LogP contribution in [0.4, 0.5) is 0 Å². The molecule has 5 heavy (non-hydrogen) atoms. The van der Waals surface area contributed by atoms with Crippen LogP contribution in [0.15, 0.2) is 0 Å². The molecule has 0 aromatic rings. The molecule has 0 atom stereocenters. The molecule has 33 valence electrons. The van der Waals surface area contributed by atoms with Crippen LogP contribution in [0.1, 0.15) is 0 Å². The van der Waals surface area contributed by atoms with Gasteiger partial charge in [0, 0.05) is 0 Å². The maximum atomic E-state index is 2.55. The summed E-state index contributed by atoms with van der Waals surface area (Å²) in [4.78, 5) is 0. The maximum absolute atomic E-state index is 2.55. The molecule has 0 aliphatic carbocycles. The molecule has 0 aliphatic rings. The SMILES string of the molecule is [I][Ta]([I])([I])[I]. The predicted molar refractivity (Wildman–Crippen MR) is 56.1 cm³/mol. The summed E-state index contributed by atoms with van der Waals surface area (Å²) >= 11 is 10.2. The quantitative estimate of drug-likeness (QED) is 0.342. The summed E-state index contributed by atoms with van der Waals surface area (Å²) in [5.74, 6) is 0. The third kappa shape index (κ3) is 18.3. The van der Waals surface area contributed by atoms with E-state index in [-0.39, 0.29) is 0 Å². The van der Waals surface area contributed by atoms with Gasteiger partial charge < -0.3 is 0 Å². The summed E-state index contributed by atoms with van der Waals surface area (Å²) in [6.07, 6.45) is 0. The van der Waals surface area contributed by atoms with Gasteiger partial charge >= 0.3 is 78.0 Å². The van der Waals surface area contributed by atoms with Gasteiger partial charge in [-0.25, -0.2) is 0 Å². The van der Waals surface area contributed by atoms with Crippen LogP contribution in [0.2, 0.25) is 0 Å². The van der Waals surface area contributed by atoms with Crippen molar-refractivity contribution in [1.29, 1.82) is 0 Å². The molecule has 0 aromatic carbocycles. The van der Waals surface area contributed by atoms with Crippen LogP contribution in [0.25, 0.3) is 0 Å². The second-order valence-electron chi connectivity index (χ2n) is 0.383. The standard InChI is InChI=1S/4HI.Ta/h4*1H;/q;;;;+4/p-4. The van der Waals surface area contributed by atoms with Crippen LogP contribution in [0, 0.1) is 0 Å². The molecule has 0 aliphatic heterocycles. The first-order chi connectivity index (χ1) is 2.00. The zero-order valence-electron chi connectivity index (χ0n) is 1.96. The molecular weight excluding hydrogens is 689 g/mol. The molecule has 0 unspecified atom stereocenters. The van der Waals surface area contributed by atoms with Crippen molar-refractivity contribution < 1.29 is 1.87 Å². The van der Waals surface area contributed by atoms with E-state index in [2.05, 4.69) is 76.1 Å². The van der Waals surface area contributed by atoms with Crippen LogP contribution in [0.5, 0.6) is 0 Å². The zero-order valence-corrected chi connectivity index (χ0v) is 13.8. The van der Waals surface area contributed by atoms with Crippen molar-refractivity contribution in [3.05, 3.63) is 0 Å². The Hall–Kier alpha value is 3.66. The minimum atomic E-state index is -1.34. The first-order valence-corrected chi connectivity index (χ1v) is 37.1. The summed E-state index contributed by atoms with van der Waals surface area (Å²) in [6, 6.07) is 0. The molecule has 0 nitrogen and oxygen atoms in total. The first kappa shape index (κ1) is 8.66. The van der Waals surface area contributed by atoms with E-state index in [0.717, 1.165) is 0 Å². The van der Waals surface area contributed by atoms with Gasteiger partial charge in [-0.3, -0.25) is 0 Å². The number of halogens is 4. The van der Waals surface area contributed by atoms with Crippen LogP contribution < -0.4 is 0 Å². The van der Waals surface area contributed by atoms with Gasteiger partial charge in [-0.2, -0.15) is 0 Å². The topological polar surface area (TPSA) is 0 Å². The van der Waals surface area contributed by atoms with Crippen LogP contribution in [0.3, 0.4) is 0 Å². The summed E-state index contributed by atoms with van der Waals surface area (Å²) in [5, 5.41) is 0. The molecule has 0 rings (SSSR count). The van der Waals surface area contributed by atoms with E-state index in [9.17, 15) is 0 Å². The van der Waals surface area contributed by atoms with Crippen molar-refractivity contribution >= 4 is 76.1 Å². The fourth-order valence-corrected chi connectivity index (χ4v) is 0. The molecular formula is I4Ta. The van der Waals surface area contributed by atoms with Gasteiger partial charge in [-0.1, -0.05) is 0 Å². The predicted octanol–water partition coefficient (Wildman–Crippen LogP) is 3.54. The summed E-state index contributed by atoms with van der Waals surface area (Å²) in [7, 11) is 0. The van der Waals surface area contributed by atoms with E-state index >= 15 is 0 Å².